The van der Waals surface area contributed by atoms with Crippen molar-refractivity contribution in [2.24, 2.45) is 17.3 Å². The molecule has 0 aromatic rings. The van der Waals surface area contributed by atoms with Crippen molar-refractivity contribution in [1.29, 1.82) is 0 Å². The molecule has 206 valence electrons. The molecular formula is C29H45N3O5. The Hall–Kier alpha value is -2.19. The lowest BCUT2D eigenvalue weighted by atomic mass is 9.77. The maximum absolute atomic E-state index is 14.5. The van der Waals surface area contributed by atoms with Crippen LogP contribution < -0.4 is 0 Å². The number of ether oxygens (including phenoxy) is 1. The van der Waals surface area contributed by atoms with E-state index in [1.807, 2.05) is 36.1 Å². The van der Waals surface area contributed by atoms with Crippen LogP contribution in [0, 0.1) is 17.3 Å². The average molecular weight is 516 g/mol. The van der Waals surface area contributed by atoms with Gasteiger partial charge in [0.25, 0.3) is 0 Å². The van der Waals surface area contributed by atoms with Crippen molar-refractivity contribution in [3.05, 3.63) is 24.3 Å². The molecule has 1 spiro atoms. The van der Waals surface area contributed by atoms with Gasteiger partial charge in [0.2, 0.25) is 17.7 Å². The molecule has 0 bridgehead atoms. The zero-order chi connectivity index (χ0) is 27.2. The van der Waals surface area contributed by atoms with Gasteiger partial charge in [-0.15, -0.1) is 0 Å². The fraction of sp³-hybridized carbons (Fsp3) is 0.759. The smallest absolute Gasteiger partial charge is 0.249 e. The van der Waals surface area contributed by atoms with Crippen LogP contribution in [-0.4, -0.2) is 93.6 Å². The van der Waals surface area contributed by atoms with Crippen LogP contribution >= 0.6 is 0 Å². The average Bonchev–Trinajstić information content (AvgIpc) is 3.10. The maximum atomic E-state index is 14.5. The molecule has 2 fully saturated rings. The van der Waals surface area contributed by atoms with Crippen molar-refractivity contribution in [1.82, 2.24) is 14.7 Å². The number of carbonyl (C=O) groups excluding carboxylic acids is 3. The molecule has 0 radical (unpaired) electrons. The Balaban J connectivity index is 1.78. The molecule has 0 aromatic carbocycles. The molecule has 4 heterocycles. The van der Waals surface area contributed by atoms with Gasteiger partial charge in [0.15, 0.2) is 0 Å². The van der Waals surface area contributed by atoms with Crippen molar-refractivity contribution in [2.75, 3.05) is 32.8 Å². The normalized spacial score (nSPS) is 32.0. The first-order valence-electron chi connectivity index (χ1n) is 13.9. The van der Waals surface area contributed by atoms with E-state index < -0.39 is 35.1 Å². The summed E-state index contributed by atoms with van der Waals surface area (Å²) >= 11 is 0. The number of nitrogens with zero attached hydrogens (tertiary/aromatic N) is 3. The lowest BCUT2D eigenvalue weighted by Crippen LogP contribution is -2.60. The standard InChI is InChI=1S/C29H45N3O5/c1-7-14-30-15-10-12-20-21(24(30)34)22-25(35)31(16-8-9-18-33)23-26(36)32(17-11-13-29(22,23)37-20)28(5,6)19-27(2,3)4/h10-13,20-23,33H,7-9,14-19H2,1-6H3/t20-,21+,22-,23?,29-/m0/s1. The predicted octanol–water partition coefficient (Wildman–Crippen LogP) is 2.76. The molecule has 4 rings (SSSR count). The van der Waals surface area contributed by atoms with Crippen LogP contribution in [0.1, 0.15) is 67.2 Å². The van der Waals surface area contributed by atoms with Gasteiger partial charge in [-0.1, -0.05) is 52.0 Å². The Morgan fingerprint density at radius 3 is 2.38 bits per heavy atom. The topological polar surface area (TPSA) is 90.4 Å². The van der Waals surface area contributed by atoms with E-state index in [4.69, 9.17) is 4.74 Å². The predicted molar refractivity (Wildman–Crippen MR) is 141 cm³/mol. The van der Waals surface area contributed by atoms with E-state index in [0.29, 0.717) is 39.0 Å². The molecule has 8 nitrogen and oxygen atoms in total. The number of unbranched alkanes of at least 4 members (excludes halogenated alkanes) is 1. The summed E-state index contributed by atoms with van der Waals surface area (Å²) in [6.45, 7) is 14.6. The summed E-state index contributed by atoms with van der Waals surface area (Å²) in [5, 5.41) is 9.38. The van der Waals surface area contributed by atoms with Crippen LogP contribution in [0.5, 0.6) is 0 Å². The van der Waals surface area contributed by atoms with Crippen molar-refractivity contribution in [2.45, 2.75) is 90.5 Å². The lowest BCUT2D eigenvalue weighted by molar-refractivity contribution is -0.152. The van der Waals surface area contributed by atoms with Gasteiger partial charge in [-0.2, -0.15) is 0 Å². The molecule has 37 heavy (non-hydrogen) atoms. The first-order chi connectivity index (χ1) is 17.4. The van der Waals surface area contributed by atoms with Gasteiger partial charge in [0.1, 0.15) is 11.6 Å². The third-order valence-electron chi connectivity index (χ3n) is 8.24. The third-order valence-corrected chi connectivity index (χ3v) is 8.24. The van der Waals surface area contributed by atoms with Gasteiger partial charge in [-0.25, -0.2) is 0 Å². The fourth-order valence-electron chi connectivity index (χ4n) is 7.23. The van der Waals surface area contributed by atoms with Crippen molar-refractivity contribution < 1.29 is 24.2 Å². The Labute approximate surface area is 221 Å². The first kappa shape index (κ1) is 27.8. The minimum Gasteiger partial charge on any atom is -0.396 e. The largest absolute Gasteiger partial charge is 0.396 e. The van der Waals surface area contributed by atoms with Gasteiger partial charge < -0.3 is 24.5 Å². The van der Waals surface area contributed by atoms with Crippen LogP contribution in [0.2, 0.25) is 0 Å². The minimum atomic E-state index is -1.19. The number of carbonyl (C=O) groups is 3. The Morgan fingerprint density at radius 2 is 1.73 bits per heavy atom. The number of aliphatic hydroxyl groups is 1. The molecule has 4 aliphatic rings. The van der Waals surface area contributed by atoms with Crippen LogP contribution in [0.3, 0.4) is 0 Å². The van der Waals surface area contributed by atoms with E-state index in [2.05, 4.69) is 34.6 Å². The number of hydrogen-bond acceptors (Lipinski definition) is 5. The van der Waals surface area contributed by atoms with Crippen LogP contribution in [0.15, 0.2) is 24.3 Å². The van der Waals surface area contributed by atoms with Gasteiger partial charge >= 0.3 is 0 Å². The molecule has 1 unspecified atom stereocenters. The summed E-state index contributed by atoms with van der Waals surface area (Å²) in [6, 6.07) is -0.838. The van der Waals surface area contributed by atoms with Gasteiger partial charge in [0, 0.05) is 38.3 Å². The maximum Gasteiger partial charge on any atom is 0.249 e. The van der Waals surface area contributed by atoms with E-state index in [9.17, 15) is 19.5 Å². The fourth-order valence-corrected chi connectivity index (χ4v) is 7.23. The molecule has 0 aromatic heterocycles. The van der Waals surface area contributed by atoms with E-state index in [1.54, 1.807) is 9.80 Å². The third kappa shape index (κ3) is 4.87. The number of likely N-dealkylation sites (tertiary alicyclic amines) is 1. The summed E-state index contributed by atoms with van der Waals surface area (Å²) in [5.74, 6) is -1.80. The highest BCUT2D eigenvalue weighted by Crippen LogP contribution is 2.54. The number of amides is 3. The highest BCUT2D eigenvalue weighted by Gasteiger charge is 2.72. The molecule has 0 saturated carbocycles. The molecule has 1 N–H and O–H groups in total. The van der Waals surface area contributed by atoms with E-state index in [0.717, 1.165) is 12.8 Å². The number of aliphatic hydroxyl groups excluding tert-OH is 1. The second kappa shape index (κ2) is 10.2. The van der Waals surface area contributed by atoms with Gasteiger partial charge in [-0.05, 0) is 44.9 Å². The molecule has 3 amide bonds. The van der Waals surface area contributed by atoms with Crippen LogP contribution in [0.25, 0.3) is 0 Å². The quantitative estimate of drug-likeness (QED) is 0.397. The van der Waals surface area contributed by atoms with Gasteiger partial charge in [-0.3, -0.25) is 14.4 Å². The first-order valence-corrected chi connectivity index (χ1v) is 13.9. The van der Waals surface area contributed by atoms with Crippen molar-refractivity contribution in [3.63, 3.8) is 0 Å². The number of fused-ring (bicyclic) bond motifs is 2. The zero-order valence-corrected chi connectivity index (χ0v) is 23.4. The second-order valence-corrected chi connectivity index (χ2v) is 12.9. The summed E-state index contributed by atoms with van der Waals surface area (Å²) in [5.41, 5.74) is -1.63. The molecule has 8 heteroatoms. The molecular weight excluding hydrogens is 470 g/mol. The SMILES string of the molecule is CCCN1CC=C[C@@H]2O[C@]34C=CCN(C(C)(C)CC(C)(C)C)C(=O)C3N(CCCCO)C(=O)[C@@H]4[C@@H]2C1=O. The summed E-state index contributed by atoms with van der Waals surface area (Å²) < 4.78 is 6.70. The highest BCUT2D eigenvalue weighted by atomic mass is 16.5. The zero-order valence-electron chi connectivity index (χ0n) is 23.4. The van der Waals surface area contributed by atoms with Crippen LogP contribution in [-0.2, 0) is 19.1 Å². The molecule has 0 aliphatic carbocycles. The van der Waals surface area contributed by atoms with Crippen molar-refractivity contribution >= 4 is 17.7 Å². The summed E-state index contributed by atoms with van der Waals surface area (Å²) in [7, 11) is 0. The summed E-state index contributed by atoms with van der Waals surface area (Å²) in [4.78, 5) is 47.7. The molecule has 2 saturated heterocycles. The van der Waals surface area contributed by atoms with Crippen molar-refractivity contribution in [3.8, 4) is 0 Å². The van der Waals surface area contributed by atoms with Crippen LogP contribution in [0.4, 0.5) is 0 Å². The second-order valence-electron chi connectivity index (χ2n) is 12.9. The van der Waals surface area contributed by atoms with E-state index in [1.165, 1.54) is 0 Å². The number of hydrogen-bond donors (Lipinski definition) is 1. The lowest BCUT2D eigenvalue weighted by Gasteiger charge is -2.44. The summed E-state index contributed by atoms with van der Waals surface area (Å²) in [6.07, 6.45) is 9.93. The van der Waals surface area contributed by atoms with E-state index in [-0.39, 0.29) is 29.7 Å². The monoisotopic (exact) mass is 515 g/mol. The van der Waals surface area contributed by atoms with Gasteiger partial charge in [0.05, 0.1) is 17.9 Å². The highest BCUT2D eigenvalue weighted by molar-refractivity contribution is 6.00. The Kier molecular flexibility index (Phi) is 7.65. The number of rotatable bonds is 8. The Morgan fingerprint density at radius 1 is 1.00 bits per heavy atom. The Bertz CT molecular complexity index is 967. The molecule has 5 atom stereocenters. The minimum absolute atomic E-state index is 0.00330. The van der Waals surface area contributed by atoms with E-state index >= 15 is 0 Å². The molecule has 4 aliphatic heterocycles.